The monoisotopic (exact) mass is 192 g/mol. The Balaban J connectivity index is 2.42. The smallest absolute Gasteiger partial charge is 0.0720 e. The van der Waals surface area contributed by atoms with Gasteiger partial charge in [-0.15, -0.1) is 0 Å². The van der Waals surface area contributed by atoms with Gasteiger partial charge >= 0.3 is 0 Å². The van der Waals surface area contributed by atoms with E-state index in [9.17, 15) is 0 Å². The van der Waals surface area contributed by atoms with E-state index in [2.05, 4.69) is 39.8 Å². The first-order chi connectivity index (χ1) is 6.50. The van der Waals surface area contributed by atoms with Gasteiger partial charge < -0.3 is 4.74 Å². The lowest BCUT2D eigenvalue weighted by Crippen LogP contribution is -2.25. The summed E-state index contributed by atoms with van der Waals surface area (Å²) in [5, 5.41) is 0. The normalized spacial score (nSPS) is 14.0. The van der Waals surface area contributed by atoms with Crippen LogP contribution in [-0.4, -0.2) is 6.10 Å². The molecule has 0 spiro atoms. The van der Waals surface area contributed by atoms with Crippen molar-refractivity contribution in [3.63, 3.8) is 0 Å². The Bertz CT molecular complexity index is 258. The molecule has 0 heterocycles. The molecule has 1 atom stereocenters. The molecule has 0 radical (unpaired) electrons. The molecule has 0 aliphatic heterocycles. The van der Waals surface area contributed by atoms with Crippen LogP contribution < -0.4 is 0 Å². The topological polar surface area (TPSA) is 9.23 Å². The summed E-state index contributed by atoms with van der Waals surface area (Å²) in [7, 11) is 0. The zero-order chi connectivity index (χ0) is 10.6. The first-order valence-electron chi connectivity index (χ1n) is 5.15. The third kappa shape index (κ3) is 3.51. The maximum absolute atomic E-state index is 5.79. The van der Waals surface area contributed by atoms with Crippen LogP contribution in [0.4, 0.5) is 0 Å². The number of rotatable bonds is 3. The van der Waals surface area contributed by atoms with Crippen molar-refractivity contribution in [3.8, 4) is 0 Å². The maximum Gasteiger partial charge on any atom is 0.0720 e. The van der Waals surface area contributed by atoms with Gasteiger partial charge in [0.05, 0.1) is 12.7 Å². The SMILES string of the molecule is C[C@@H](OCc1ccccc1)C(C)(C)C. The quantitative estimate of drug-likeness (QED) is 0.710. The lowest BCUT2D eigenvalue weighted by atomic mass is 9.90. The van der Waals surface area contributed by atoms with Crippen LogP contribution in [0.25, 0.3) is 0 Å². The van der Waals surface area contributed by atoms with E-state index in [1.165, 1.54) is 5.56 Å². The third-order valence-electron chi connectivity index (χ3n) is 2.56. The van der Waals surface area contributed by atoms with Gasteiger partial charge in [0.25, 0.3) is 0 Å². The first-order valence-corrected chi connectivity index (χ1v) is 5.15. The van der Waals surface area contributed by atoms with Gasteiger partial charge in [-0.25, -0.2) is 0 Å². The molecule has 1 nitrogen and oxygen atoms in total. The number of benzene rings is 1. The molecule has 0 unspecified atom stereocenters. The molecular formula is C13H20O. The van der Waals surface area contributed by atoms with E-state index in [1.807, 2.05) is 18.2 Å². The Morgan fingerprint density at radius 1 is 1.14 bits per heavy atom. The van der Waals surface area contributed by atoms with E-state index >= 15 is 0 Å². The van der Waals surface area contributed by atoms with Crippen LogP contribution in [0, 0.1) is 5.41 Å². The second kappa shape index (κ2) is 4.61. The second-order valence-electron chi connectivity index (χ2n) is 4.80. The summed E-state index contributed by atoms with van der Waals surface area (Å²) in [6, 6.07) is 10.3. The maximum atomic E-state index is 5.79. The number of ether oxygens (including phenoxy) is 1. The van der Waals surface area contributed by atoms with Crippen molar-refractivity contribution < 1.29 is 4.74 Å². The standard InChI is InChI=1S/C13H20O/c1-11(13(2,3)4)14-10-12-8-6-5-7-9-12/h5-9,11H,10H2,1-4H3/t11-/m1/s1. The van der Waals surface area contributed by atoms with Crippen LogP contribution >= 0.6 is 0 Å². The number of hydrogen-bond donors (Lipinski definition) is 0. The van der Waals surface area contributed by atoms with Crippen molar-refractivity contribution in [1.29, 1.82) is 0 Å². The van der Waals surface area contributed by atoms with Gasteiger partial charge in [-0.1, -0.05) is 51.1 Å². The minimum Gasteiger partial charge on any atom is -0.373 e. The molecule has 0 saturated carbocycles. The van der Waals surface area contributed by atoms with Crippen molar-refractivity contribution in [2.24, 2.45) is 5.41 Å². The zero-order valence-electron chi connectivity index (χ0n) is 9.58. The molecule has 0 amide bonds. The lowest BCUT2D eigenvalue weighted by molar-refractivity contribution is -0.0153. The van der Waals surface area contributed by atoms with Crippen LogP contribution in [0.2, 0.25) is 0 Å². The molecule has 1 aromatic rings. The molecule has 0 bridgehead atoms. The van der Waals surface area contributed by atoms with Gasteiger partial charge in [0, 0.05) is 0 Å². The van der Waals surface area contributed by atoms with Gasteiger partial charge in [0.1, 0.15) is 0 Å². The molecule has 14 heavy (non-hydrogen) atoms. The highest BCUT2D eigenvalue weighted by Crippen LogP contribution is 2.22. The fraction of sp³-hybridized carbons (Fsp3) is 0.538. The predicted molar refractivity (Wildman–Crippen MR) is 60.1 cm³/mol. The van der Waals surface area contributed by atoms with Crippen molar-refractivity contribution in [2.45, 2.75) is 40.4 Å². The van der Waals surface area contributed by atoms with Gasteiger partial charge in [-0.3, -0.25) is 0 Å². The van der Waals surface area contributed by atoms with Gasteiger partial charge in [0.2, 0.25) is 0 Å². The Morgan fingerprint density at radius 2 is 1.71 bits per heavy atom. The minimum absolute atomic E-state index is 0.217. The highest BCUT2D eigenvalue weighted by molar-refractivity contribution is 5.13. The Hall–Kier alpha value is -0.820. The van der Waals surface area contributed by atoms with E-state index in [0.717, 1.165) is 0 Å². The van der Waals surface area contributed by atoms with Crippen molar-refractivity contribution >= 4 is 0 Å². The molecule has 0 N–H and O–H groups in total. The summed E-state index contributed by atoms with van der Waals surface area (Å²) in [5.41, 5.74) is 1.46. The Kier molecular flexibility index (Phi) is 3.70. The summed E-state index contributed by atoms with van der Waals surface area (Å²) in [6.07, 6.45) is 0.280. The molecule has 0 fully saturated rings. The number of hydrogen-bond acceptors (Lipinski definition) is 1. The van der Waals surface area contributed by atoms with Gasteiger partial charge in [-0.05, 0) is 17.9 Å². The summed E-state index contributed by atoms with van der Waals surface area (Å²) in [5.74, 6) is 0. The van der Waals surface area contributed by atoms with Crippen LogP contribution in [0.1, 0.15) is 33.3 Å². The van der Waals surface area contributed by atoms with E-state index < -0.39 is 0 Å². The lowest BCUT2D eigenvalue weighted by Gasteiger charge is -2.27. The van der Waals surface area contributed by atoms with Crippen LogP contribution in [0.3, 0.4) is 0 Å². The highest BCUT2D eigenvalue weighted by atomic mass is 16.5. The third-order valence-corrected chi connectivity index (χ3v) is 2.56. The van der Waals surface area contributed by atoms with Crippen molar-refractivity contribution in [2.75, 3.05) is 0 Å². The van der Waals surface area contributed by atoms with Crippen molar-refractivity contribution in [3.05, 3.63) is 35.9 Å². The molecule has 78 valence electrons. The molecule has 1 rings (SSSR count). The van der Waals surface area contributed by atoms with Crippen LogP contribution in [-0.2, 0) is 11.3 Å². The molecule has 0 aliphatic carbocycles. The van der Waals surface area contributed by atoms with E-state index in [0.29, 0.717) is 6.61 Å². The molecule has 1 aromatic carbocycles. The van der Waals surface area contributed by atoms with E-state index in [4.69, 9.17) is 4.74 Å². The molecular weight excluding hydrogens is 172 g/mol. The summed E-state index contributed by atoms with van der Waals surface area (Å²) >= 11 is 0. The average Bonchev–Trinajstić information content (AvgIpc) is 2.14. The van der Waals surface area contributed by atoms with Gasteiger partial charge in [-0.2, -0.15) is 0 Å². The van der Waals surface area contributed by atoms with Gasteiger partial charge in [0.15, 0.2) is 0 Å². The molecule has 0 aromatic heterocycles. The summed E-state index contributed by atoms with van der Waals surface area (Å²) in [4.78, 5) is 0. The van der Waals surface area contributed by atoms with E-state index in [1.54, 1.807) is 0 Å². The minimum atomic E-state index is 0.217. The second-order valence-corrected chi connectivity index (χ2v) is 4.80. The Morgan fingerprint density at radius 3 is 2.21 bits per heavy atom. The fourth-order valence-corrected chi connectivity index (χ4v) is 1.05. The average molecular weight is 192 g/mol. The largest absolute Gasteiger partial charge is 0.373 e. The zero-order valence-corrected chi connectivity index (χ0v) is 9.58. The Labute approximate surface area is 87.1 Å². The highest BCUT2D eigenvalue weighted by Gasteiger charge is 2.20. The molecule has 1 heteroatoms. The summed E-state index contributed by atoms with van der Waals surface area (Å²) < 4.78 is 5.79. The summed E-state index contributed by atoms with van der Waals surface area (Å²) in [6.45, 7) is 9.43. The van der Waals surface area contributed by atoms with E-state index in [-0.39, 0.29) is 11.5 Å². The predicted octanol–water partition coefficient (Wildman–Crippen LogP) is 3.64. The first kappa shape index (κ1) is 11.3. The molecule has 0 saturated heterocycles. The molecule has 0 aliphatic rings. The van der Waals surface area contributed by atoms with Crippen LogP contribution in [0.15, 0.2) is 30.3 Å². The van der Waals surface area contributed by atoms with Crippen molar-refractivity contribution in [1.82, 2.24) is 0 Å². The fourth-order valence-electron chi connectivity index (χ4n) is 1.05. The van der Waals surface area contributed by atoms with Crippen LogP contribution in [0.5, 0.6) is 0 Å².